The molecule has 5 heteroatoms. The summed E-state index contributed by atoms with van der Waals surface area (Å²) in [6.45, 7) is 3.86. The van der Waals surface area contributed by atoms with Gasteiger partial charge in [0, 0.05) is 25.7 Å². The van der Waals surface area contributed by atoms with Gasteiger partial charge < -0.3 is 14.4 Å². The minimum Gasteiger partial charge on any atom is -0.497 e. The van der Waals surface area contributed by atoms with Crippen LogP contribution in [0.3, 0.4) is 0 Å². The molecule has 1 spiro atoms. The Morgan fingerprint density at radius 2 is 1.72 bits per heavy atom. The van der Waals surface area contributed by atoms with Crippen molar-refractivity contribution in [3.05, 3.63) is 60.2 Å². The molecule has 2 fully saturated rings. The second kappa shape index (κ2) is 8.87. The van der Waals surface area contributed by atoms with Crippen LogP contribution >= 0.6 is 0 Å². The summed E-state index contributed by atoms with van der Waals surface area (Å²) in [5.74, 6) is 1.89. The summed E-state index contributed by atoms with van der Waals surface area (Å²) in [5, 5.41) is 0. The predicted molar refractivity (Wildman–Crippen MR) is 113 cm³/mol. The zero-order chi connectivity index (χ0) is 20.1. The highest BCUT2D eigenvalue weighted by atomic mass is 16.5. The number of piperidine rings is 1. The van der Waals surface area contributed by atoms with Gasteiger partial charge in [-0.05, 0) is 49.9 Å². The van der Waals surface area contributed by atoms with E-state index in [9.17, 15) is 4.79 Å². The van der Waals surface area contributed by atoms with Gasteiger partial charge >= 0.3 is 0 Å². The molecule has 5 nitrogen and oxygen atoms in total. The van der Waals surface area contributed by atoms with Crippen LogP contribution in [0.1, 0.15) is 31.2 Å². The fourth-order valence-corrected chi connectivity index (χ4v) is 4.77. The van der Waals surface area contributed by atoms with Gasteiger partial charge in [0.25, 0.3) is 0 Å². The molecule has 154 valence electrons. The van der Waals surface area contributed by atoms with Gasteiger partial charge in [-0.3, -0.25) is 9.69 Å². The van der Waals surface area contributed by atoms with Gasteiger partial charge in [-0.25, -0.2) is 0 Å². The Morgan fingerprint density at radius 3 is 2.52 bits per heavy atom. The summed E-state index contributed by atoms with van der Waals surface area (Å²) in [6, 6.07) is 18.0. The van der Waals surface area contributed by atoms with Gasteiger partial charge in [0.1, 0.15) is 23.6 Å². The predicted octanol–water partition coefficient (Wildman–Crippen LogP) is 3.73. The number of carbonyl (C=O) groups is 1. The Bertz CT molecular complexity index is 826. The molecule has 0 bridgehead atoms. The van der Waals surface area contributed by atoms with Gasteiger partial charge in [0.15, 0.2) is 0 Å². The van der Waals surface area contributed by atoms with E-state index in [0.29, 0.717) is 19.1 Å². The van der Waals surface area contributed by atoms with Crippen LogP contribution in [0.15, 0.2) is 54.6 Å². The fraction of sp³-hybridized carbons (Fsp3) is 0.458. The van der Waals surface area contributed by atoms with E-state index in [1.54, 1.807) is 7.11 Å². The first kappa shape index (κ1) is 19.8. The lowest BCUT2D eigenvalue weighted by atomic mass is 9.85. The number of carbonyl (C=O) groups excluding carboxylic acids is 1. The maximum atomic E-state index is 13.5. The summed E-state index contributed by atoms with van der Waals surface area (Å²) < 4.78 is 11.2. The first-order chi connectivity index (χ1) is 14.2. The average Bonchev–Trinajstić information content (AvgIpc) is 3.16. The SMILES string of the molecule is COc1cccc(OCCN2CCCC23CCCN(Cc2ccccc2)C3=O)c1. The number of ether oxygens (including phenoxy) is 2. The van der Waals surface area contributed by atoms with E-state index in [1.165, 1.54) is 5.56 Å². The minimum atomic E-state index is -0.342. The van der Waals surface area contributed by atoms with E-state index in [-0.39, 0.29) is 5.54 Å². The van der Waals surface area contributed by atoms with Gasteiger partial charge in [0.2, 0.25) is 5.91 Å². The highest BCUT2D eigenvalue weighted by molar-refractivity contribution is 5.87. The largest absolute Gasteiger partial charge is 0.497 e. The number of methoxy groups -OCH3 is 1. The first-order valence-corrected chi connectivity index (χ1v) is 10.6. The van der Waals surface area contributed by atoms with Gasteiger partial charge in [-0.2, -0.15) is 0 Å². The van der Waals surface area contributed by atoms with Crippen molar-refractivity contribution in [1.29, 1.82) is 0 Å². The maximum Gasteiger partial charge on any atom is 0.243 e. The zero-order valence-corrected chi connectivity index (χ0v) is 17.2. The summed E-state index contributed by atoms with van der Waals surface area (Å²) in [4.78, 5) is 17.9. The lowest BCUT2D eigenvalue weighted by molar-refractivity contribution is -0.148. The minimum absolute atomic E-state index is 0.298. The quantitative estimate of drug-likeness (QED) is 0.718. The summed E-state index contributed by atoms with van der Waals surface area (Å²) >= 11 is 0. The van der Waals surface area contributed by atoms with Crippen molar-refractivity contribution in [1.82, 2.24) is 9.80 Å². The third-order valence-corrected chi connectivity index (χ3v) is 6.21. The highest BCUT2D eigenvalue weighted by Gasteiger charge is 2.50. The van der Waals surface area contributed by atoms with E-state index in [0.717, 1.165) is 56.8 Å². The van der Waals surface area contributed by atoms with Crippen LogP contribution in [0.25, 0.3) is 0 Å². The second-order valence-corrected chi connectivity index (χ2v) is 7.97. The van der Waals surface area contributed by atoms with Crippen LogP contribution in [0.5, 0.6) is 11.5 Å². The van der Waals surface area contributed by atoms with Crippen LogP contribution in [-0.4, -0.2) is 54.6 Å². The van der Waals surface area contributed by atoms with Crippen molar-refractivity contribution in [2.75, 3.05) is 33.4 Å². The Labute approximate surface area is 173 Å². The molecular formula is C24H30N2O3. The molecule has 2 aromatic rings. The Morgan fingerprint density at radius 1 is 0.966 bits per heavy atom. The standard InChI is InChI=1S/C24H30N2O3/c1-28-21-10-5-11-22(18-21)29-17-16-26-15-7-13-24(26)12-6-14-25(23(24)27)19-20-8-3-2-4-9-20/h2-5,8-11,18H,6-7,12-17,19H2,1H3. The van der Waals surface area contributed by atoms with Crippen LogP contribution in [0.4, 0.5) is 0 Å². The third kappa shape index (κ3) is 4.25. The van der Waals surface area contributed by atoms with Crippen molar-refractivity contribution >= 4 is 5.91 Å². The number of nitrogens with zero attached hydrogens (tertiary/aromatic N) is 2. The van der Waals surface area contributed by atoms with Gasteiger partial charge in [-0.1, -0.05) is 36.4 Å². The number of hydrogen-bond donors (Lipinski definition) is 0. The molecule has 0 N–H and O–H groups in total. The molecule has 29 heavy (non-hydrogen) atoms. The molecular weight excluding hydrogens is 364 g/mol. The van der Waals surface area contributed by atoms with E-state index >= 15 is 0 Å². The number of hydrogen-bond acceptors (Lipinski definition) is 4. The molecule has 0 radical (unpaired) electrons. The van der Waals surface area contributed by atoms with Crippen LogP contribution in [0.2, 0.25) is 0 Å². The van der Waals surface area contributed by atoms with Crippen LogP contribution < -0.4 is 9.47 Å². The van der Waals surface area contributed by atoms with Crippen molar-refractivity contribution in [2.24, 2.45) is 0 Å². The number of amides is 1. The molecule has 2 heterocycles. The molecule has 0 aromatic heterocycles. The molecule has 1 unspecified atom stereocenters. The van der Waals surface area contributed by atoms with E-state index in [1.807, 2.05) is 42.5 Å². The molecule has 1 amide bonds. The van der Waals surface area contributed by atoms with Crippen molar-refractivity contribution < 1.29 is 14.3 Å². The lowest BCUT2D eigenvalue weighted by Crippen LogP contribution is -2.60. The monoisotopic (exact) mass is 394 g/mol. The fourth-order valence-electron chi connectivity index (χ4n) is 4.77. The molecule has 2 aliphatic rings. The second-order valence-electron chi connectivity index (χ2n) is 7.97. The van der Waals surface area contributed by atoms with E-state index in [2.05, 4.69) is 21.9 Å². The average molecular weight is 395 g/mol. The van der Waals surface area contributed by atoms with E-state index in [4.69, 9.17) is 9.47 Å². The summed E-state index contributed by atoms with van der Waals surface area (Å²) in [7, 11) is 1.66. The van der Waals surface area contributed by atoms with Crippen LogP contribution in [-0.2, 0) is 11.3 Å². The Kier molecular flexibility index (Phi) is 6.05. The number of rotatable bonds is 7. The number of benzene rings is 2. The molecule has 2 aromatic carbocycles. The Balaban J connectivity index is 1.39. The first-order valence-electron chi connectivity index (χ1n) is 10.6. The lowest BCUT2D eigenvalue weighted by Gasteiger charge is -2.44. The number of likely N-dealkylation sites (tertiary alicyclic amines) is 2. The van der Waals surface area contributed by atoms with Crippen molar-refractivity contribution in [3.8, 4) is 11.5 Å². The summed E-state index contributed by atoms with van der Waals surface area (Å²) in [5.41, 5.74) is 0.855. The molecule has 2 saturated heterocycles. The van der Waals surface area contributed by atoms with Crippen molar-refractivity contribution in [3.63, 3.8) is 0 Å². The van der Waals surface area contributed by atoms with E-state index < -0.39 is 0 Å². The zero-order valence-electron chi connectivity index (χ0n) is 17.2. The smallest absolute Gasteiger partial charge is 0.243 e. The maximum absolute atomic E-state index is 13.5. The molecule has 2 aliphatic heterocycles. The molecule has 0 saturated carbocycles. The Hall–Kier alpha value is -2.53. The molecule has 1 atom stereocenters. The normalized spacial score (nSPS) is 22.2. The van der Waals surface area contributed by atoms with Crippen LogP contribution in [0, 0.1) is 0 Å². The summed E-state index contributed by atoms with van der Waals surface area (Å²) in [6.07, 6.45) is 4.04. The molecule has 4 rings (SSSR count). The van der Waals surface area contributed by atoms with Gasteiger partial charge in [-0.15, -0.1) is 0 Å². The third-order valence-electron chi connectivity index (χ3n) is 6.21. The van der Waals surface area contributed by atoms with Crippen molar-refractivity contribution in [2.45, 2.75) is 37.8 Å². The van der Waals surface area contributed by atoms with Gasteiger partial charge in [0.05, 0.1) is 7.11 Å². The highest BCUT2D eigenvalue weighted by Crippen LogP contribution is 2.38. The topological polar surface area (TPSA) is 42.0 Å². The molecule has 0 aliphatic carbocycles.